The summed E-state index contributed by atoms with van der Waals surface area (Å²) in [4.78, 5) is 3.95. The van der Waals surface area contributed by atoms with Gasteiger partial charge >= 0.3 is 0 Å². The number of halogens is 2. The fraction of sp³-hybridized carbons (Fsp3) is 0.0833. The molecule has 3 nitrogen and oxygen atoms in total. The predicted molar refractivity (Wildman–Crippen MR) is 58.6 cm³/mol. The molecule has 0 atom stereocenters. The van der Waals surface area contributed by atoms with Crippen LogP contribution in [0, 0.1) is 11.6 Å². The smallest absolute Gasteiger partial charge is 0.219 e. The minimum Gasteiger partial charge on any atom is -0.436 e. The average molecular weight is 236 g/mol. The number of pyridine rings is 1. The lowest BCUT2D eigenvalue weighted by Gasteiger charge is -2.06. The highest BCUT2D eigenvalue weighted by Gasteiger charge is 2.06. The van der Waals surface area contributed by atoms with E-state index in [4.69, 9.17) is 10.5 Å². The van der Waals surface area contributed by atoms with Crippen molar-refractivity contribution in [3.05, 3.63) is 53.7 Å². The van der Waals surface area contributed by atoms with Gasteiger partial charge in [0.15, 0.2) is 11.6 Å². The third-order valence-corrected chi connectivity index (χ3v) is 2.14. The molecule has 1 aromatic heterocycles. The molecule has 0 radical (unpaired) electrons. The molecule has 2 rings (SSSR count). The fourth-order valence-electron chi connectivity index (χ4n) is 1.26. The Morgan fingerprint density at radius 3 is 2.59 bits per heavy atom. The molecule has 0 aliphatic heterocycles. The van der Waals surface area contributed by atoms with E-state index in [9.17, 15) is 8.78 Å². The first-order valence-corrected chi connectivity index (χ1v) is 4.97. The van der Waals surface area contributed by atoms with E-state index in [0.717, 1.165) is 17.7 Å². The zero-order chi connectivity index (χ0) is 12.3. The highest BCUT2D eigenvalue weighted by atomic mass is 19.1. The van der Waals surface area contributed by atoms with Gasteiger partial charge in [-0.25, -0.2) is 13.8 Å². The van der Waals surface area contributed by atoms with Crippen molar-refractivity contribution < 1.29 is 13.5 Å². The number of aromatic nitrogens is 1. The van der Waals surface area contributed by atoms with Gasteiger partial charge in [-0.05, 0) is 17.7 Å². The van der Waals surface area contributed by atoms with Crippen LogP contribution in [0.4, 0.5) is 8.78 Å². The summed E-state index contributed by atoms with van der Waals surface area (Å²) in [5.74, 6) is -1.26. The van der Waals surface area contributed by atoms with E-state index in [2.05, 4.69) is 4.98 Å². The molecule has 2 aromatic rings. The molecule has 1 heterocycles. The van der Waals surface area contributed by atoms with Gasteiger partial charge in [-0.2, -0.15) is 0 Å². The number of nitrogens with two attached hydrogens (primary N) is 1. The normalized spacial score (nSPS) is 10.3. The SMILES string of the molecule is NCc1ccc(Oc2ccc(F)cc2F)nc1. The maximum absolute atomic E-state index is 13.3. The van der Waals surface area contributed by atoms with Crippen LogP contribution in [0.2, 0.25) is 0 Å². The predicted octanol–water partition coefficient (Wildman–Crippen LogP) is 2.61. The number of nitrogens with zero attached hydrogens (tertiary/aromatic N) is 1. The fourth-order valence-corrected chi connectivity index (χ4v) is 1.26. The van der Waals surface area contributed by atoms with E-state index < -0.39 is 11.6 Å². The largest absolute Gasteiger partial charge is 0.436 e. The maximum atomic E-state index is 13.3. The molecule has 0 saturated carbocycles. The number of hydrogen-bond acceptors (Lipinski definition) is 3. The number of rotatable bonds is 3. The molecule has 0 spiro atoms. The zero-order valence-electron chi connectivity index (χ0n) is 8.86. The second-order valence-corrected chi connectivity index (χ2v) is 3.39. The van der Waals surface area contributed by atoms with Gasteiger partial charge in [0.05, 0.1) is 0 Å². The Bertz CT molecular complexity index is 514. The first-order valence-electron chi connectivity index (χ1n) is 4.97. The number of hydrogen-bond donors (Lipinski definition) is 1. The Balaban J connectivity index is 2.19. The van der Waals surface area contributed by atoms with Gasteiger partial charge in [-0.1, -0.05) is 6.07 Å². The highest BCUT2D eigenvalue weighted by molar-refractivity contribution is 5.29. The van der Waals surface area contributed by atoms with Gasteiger partial charge < -0.3 is 10.5 Å². The molecule has 0 aliphatic carbocycles. The Morgan fingerprint density at radius 1 is 1.18 bits per heavy atom. The highest BCUT2D eigenvalue weighted by Crippen LogP contribution is 2.23. The van der Waals surface area contributed by atoms with Crippen LogP contribution in [0.3, 0.4) is 0 Å². The summed E-state index contributed by atoms with van der Waals surface area (Å²) < 4.78 is 31.1. The van der Waals surface area contributed by atoms with Crippen LogP contribution in [0.1, 0.15) is 5.56 Å². The van der Waals surface area contributed by atoms with Gasteiger partial charge in [-0.3, -0.25) is 0 Å². The zero-order valence-corrected chi connectivity index (χ0v) is 8.86. The average Bonchev–Trinajstić information content (AvgIpc) is 2.34. The second-order valence-electron chi connectivity index (χ2n) is 3.39. The van der Waals surface area contributed by atoms with Gasteiger partial charge in [0, 0.05) is 24.9 Å². The lowest BCUT2D eigenvalue weighted by Crippen LogP contribution is -1.97. The molecule has 17 heavy (non-hydrogen) atoms. The minimum absolute atomic E-state index is 0.0700. The molecule has 0 amide bonds. The minimum atomic E-state index is -0.769. The van der Waals surface area contributed by atoms with E-state index in [0.29, 0.717) is 6.54 Å². The van der Waals surface area contributed by atoms with Crippen LogP contribution >= 0.6 is 0 Å². The van der Waals surface area contributed by atoms with E-state index in [1.165, 1.54) is 12.3 Å². The van der Waals surface area contributed by atoms with Crippen LogP contribution in [0.25, 0.3) is 0 Å². The Morgan fingerprint density at radius 2 is 2.00 bits per heavy atom. The summed E-state index contributed by atoms with van der Waals surface area (Å²) in [5, 5.41) is 0. The lowest BCUT2D eigenvalue weighted by atomic mass is 10.3. The van der Waals surface area contributed by atoms with Crippen molar-refractivity contribution >= 4 is 0 Å². The third-order valence-electron chi connectivity index (χ3n) is 2.14. The standard InChI is InChI=1S/C12H10F2N2O/c13-9-2-3-11(10(14)5-9)17-12-4-1-8(6-15)7-16-12/h1-5,7H,6,15H2. The van der Waals surface area contributed by atoms with Crippen molar-refractivity contribution in [2.75, 3.05) is 0 Å². The maximum Gasteiger partial charge on any atom is 0.219 e. The van der Waals surface area contributed by atoms with Crippen LogP contribution in [0.5, 0.6) is 11.6 Å². The first kappa shape index (κ1) is 11.5. The third kappa shape index (κ3) is 2.76. The van der Waals surface area contributed by atoms with E-state index in [1.807, 2.05) is 0 Å². The summed E-state index contributed by atoms with van der Waals surface area (Å²) in [6.45, 7) is 0.373. The topological polar surface area (TPSA) is 48.1 Å². The van der Waals surface area contributed by atoms with Crippen molar-refractivity contribution in [3.8, 4) is 11.6 Å². The molecule has 88 valence electrons. The molecular formula is C12H10F2N2O. The molecule has 0 saturated heterocycles. The molecule has 0 aliphatic rings. The quantitative estimate of drug-likeness (QED) is 0.891. The summed E-state index contributed by atoms with van der Waals surface area (Å²) in [5.41, 5.74) is 6.26. The van der Waals surface area contributed by atoms with Crippen molar-refractivity contribution in [2.45, 2.75) is 6.54 Å². The molecule has 0 fully saturated rings. The molecule has 0 unspecified atom stereocenters. The van der Waals surface area contributed by atoms with Gasteiger partial charge in [0.1, 0.15) is 5.82 Å². The van der Waals surface area contributed by atoms with Gasteiger partial charge in [0.2, 0.25) is 5.88 Å². The molecule has 2 N–H and O–H groups in total. The molecule has 1 aromatic carbocycles. The van der Waals surface area contributed by atoms with Crippen molar-refractivity contribution in [2.24, 2.45) is 5.73 Å². The van der Waals surface area contributed by atoms with E-state index in [1.54, 1.807) is 12.1 Å². The number of benzene rings is 1. The second kappa shape index (κ2) is 4.88. The molecular weight excluding hydrogens is 226 g/mol. The Labute approximate surface area is 96.9 Å². The molecule has 0 bridgehead atoms. The van der Waals surface area contributed by atoms with Crippen LogP contribution in [0.15, 0.2) is 36.5 Å². The first-order chi connectivity index (χ1) is 8.19. The Hall–Kier alpha value is -2.01. The molecule has 5 heteroatoms. The summed E-state index contributed by atoms with van der Waals surface area (Å²) >= 11 is 0. The van der Waals surface area contributed by atoms with Crippen molar-refractivity contribution in [1.82, 2.24) is 4.98 Å². The van der Waals surface area contributed by atoms with Gasteiger partial charge in [-0.15, -0.1) is 0 Å². The van der Waals surface area contributed by atoms with Crippen LogP contribution < -0.4 is 10.5 Å². The number of ether oxygens (including phenoxy) is 1. The summed E-state index contributed by atoms with van der Waals surface area (Å²) in [7, 11) is 0. The van der Waals surface area contributed by atoms with Crippen LogP contribution in [-0.2, 0) is 6.54 Å². The van der Waals surface area contributed by atoms with Crippen molar-refractivity contribution in [1.29, 1.82) is 0 Å². The lowest BCUT2D eigenvalue weighted by molar-refractivity contribution is 0.423. The van der Waals surface area contributed by atoms with Crippen LogP contribution in [-0.4, -0.2) is 4.98 Å². The van der Waals surface area contributed by atoms with E-state index >= 15 is 0 Å². The Kier molecular flexibility index (Phi) is 3.30. The van der Waals surface area contributed by atoms with Gasteiger partial charge in [0.25, 0.3) is 0 Å². The van der Waals surface area contributed by atoms with Crippen molar-refractivity contribution in [3.63, 3.8) is 0 Å². The monoisotopic (exact) mass is 236 g/mol. The summed E-state index contributed by atoms with van der Waals surface area (Å²) in [6.07, 6.45) is 1.54. The summed E-state index contributed by atoms with van der Waals surface area (Å²) in [6, 6.07) is 6.38. The van der Waals surface area contributed by atoms with E-state index in [-0.39, 0.29) is 11.6 Å².